The Kier molecular flexibility index (Phi) is 3.98. The maximum Gasteiger partial charge on any atom is 0.0545 e. The van der Waals surface area contributed by atoms with Crippen LogP contribution in [0.5, 0.6) is 0 Å². The molecule has 1 heterocycles. The zero-order valence-electron chi connectivity index (χ0n) is 7.81. The van der Waals surface area contributed by atoms with Crippen LogP contribution in [-0.2, 0) is 4.74 Å². The Bertz CT molecular complexity index is 122. The zero-order valence-corrected chi connectivity index (χ0v) is 7.81. The second kappa shape index (κ2) is 4.80. The third-order valence-electron chi connectivity index (χ3n) is 2.61. The normalized spacial score (nSPS) is 22.5. The van der Waals surface area contributed by atoms with Crippen LogP contribution in [0.25, 0.3) is 0 Å². The van der Waals surface area contributed by atoms with Gasteiger partial charge in [-0.2, -0.15) is 0 Å². The van der Waals surface area contributed by atoms with Gasteiger partial charge >= 0.3 is 0 Å². The fourth-order valence-electron chi connectivity index (χ4n) is 1.62. The van der Waals surface area contributed by atoms with E-state index >= 15 is 0 Å². The van der Waals surface area contributed by atoms with Crippen LogP contribution >= 0.6 is 0 Å². The predicted molar refractivity (Wildman–Crippen MR) is 48.1 cm³/mol. The van der Waals surface area contributed by atoms with Gasteiger partial charge in [0.15, 0.2) is 0 Å². The van der Waals surface area contributed by atoms with Crippen LogP contribution in [0.15, 0.2) is 0 Å². The van der Waals surface area contributed by atoms with Crippen molar-refractivity contribution in [3.8, 4) is 0 Å². The van der Waals surface area contributed by atoms with Gasteiger partial charge in [-0.1, -0.05) is 0 Å². The molecule has 12 heavy (non-hydrogen) atoms. The number of piperidine rings is 1. The highest BCUT2D eigenvalue weighted by Gasteiger charge is 2.31. The fraction of sp³-hybridized carbons (Fsp3) is 1.00. The van der Waals surface area contributed by atoms with Crippen molar-refractivity contribution in [2.75, 3.05) is 32.9 Å². The lowest BCUT2D eigenvalue weighted by molar-refractivity contribution is -0.00799. The van der Waals surface area contributed by atoms with E-state index in [4.69, 9.17) is 4.74 Å². The SMILES string of the molecule is CCOCC1(CO)CCNCC1. The number of ether oxygens (including phenoxy) is 1. The third-order valence-corrected chi connectivity index (χ3v) is 2.61. The summed E-state index contributed by atoms with van der Waals surface area (Å²) in [6.07, 6.45) is 2.06. The molecule has 0 radical (unpaired) electrons. The minimum absolute atomic E-state index is 0.0429. The van der Waals surface area contributed by atoms with E-state index in [1.54, 1.807) is 0 Å². The minimum atomic E-state index is 0.0429. The van der Waals surface area contributed by atoms with E-state index in [2.05, 4.69) is 5.32 Å². The lowest BCUT2D eigenvalue weighted by atomic mass is 9.80. The summed E-state index contributed by atoms with van der Waals surface area (Å²) in [4.78, 5) is 0. The molecular weight excluding hydrogens is 154 g/mol. The summed E-state index contributed by atoms with van der Waals surface area (Å²) in [5.41, 5.74) is 0.0429. The molecule has 0 unspecified atom stereocenters. The molecule has 1 rings (SSSR count). The van der Waals surface area contributed by atoms with Gasteiger partial charge in [0, 0.05) is 12.0 Å². The number of hydrogen-bond donors (Lipinski definition) is 2. The predicted octanol–water partition coefficient (Wildman–Crippen LogP) is 0.385. The van der Waals surface area contributed by atoms with Crippen molar-refractivity contribution >= 4 is 0 Å². The molecule has 2 N–H and O–H groups in total. The first-order chi connectivity index (χ1) is 5.83. The molecular formula is C9H19NO2. The van der Waals surface area contributed by atoms with Gasteiger partial charge in [0.2, 0.25) is 0 Å². The topological polar surface area (TPSA) is 41.5 Å². The standard InChI is InChI=1S/C9H19NO2/c1-2-12-8-9(7-11)3-5-10-6-4-9/h10-11H,2-8H2,1H3. The molecule has 1 saturated heterocycles. The van der Waals surface area contributed by atoms with Gasteiger partial charge in [0.05, 0.1) is 13.2 Å². The lowest BCUT2D eigenvalue weighted by Crippen LogP contribution is -2.42. The van der Waals surface area contributed by atoms with E-state index < -0.39 is 0 Å². The van der Waals surface area contributed by atoms with Crippen LogP contribution in [0, 0.1) is 5.41 Å². The van der Waals surface area contributed by atoms with Crippen molar-refractivity contribution in [1.29, 1.82) is 0 Å². The molecule has 0 bridgehead atoms. The first-order valence-electron chi connectivity index (χ1n) is 4.72. The quantitative estimate of drug-likeness (QED) is 0.646. The molecule has 0 aromatic heterocycles. The smallest absolute Gasteiger partial charge is 0.0545 e. The number of rotatable bonds is 4. The van der Waals surface area contributed by atoms with Gasteiger partial charge in [-0.25, -0.2) is 0 Å². The van der Waals surface area contributed by atoms with Crippen LogP contribution < -0.4 is 5.32 Å². The van der Waals surface area contributed by atoms with Crippen LogP contribution in [0.4, 0.5) is 0 Å². The molecule has 3 nitrogen and oxygen atoms in total. The summed E-state index contributed by atoms with van der Waals surface area (Å²) in [6.45, 7) is 5.72. The van der Waals surface area contributed by atoms with Crippen LogP contribution in [-0.4, -0.2) is 38.0 Å². The van der Waals surface area contributed by atoms with Gasteiger partial charge in [-0.15, -0.1) is 0 Å². The van der Waals surface area contributed by atoms with Gasteiger partial charge in [-0.05, 0) is 32.9 Å². The molecule has 1 aliphatic rings. The monoisotopic (exact) mass is 173 g/mol. The average molecular weight is 173 g/mol. The van der Waals surface area contributed by atoms with Crippen molar-refractivity contribution < 1.29 is 9.84 Å². The third kappa shape index (κ3) is 2.44. The molecule has 0 saturated carbocycles. The molecule has 0 aliphatic carbocycles. The Morgan fingerprint density at radius 2 is 2.08 bits per heavy atom. The van der Waals surface area contributed by atoms with Crippen molar-refractivity contribution in [1.82, 2.24) is 5.32 Å². The second-order valence-corrected chi connectivity index (χ2v) is 3.55. The van der Waals surface area contributed by atoms with E-state index in [0.717, 1.165) is 32.5 Å². The molecule has 0 aromatic rings. The number of nitrogens with one attached hydrogen (secondary N) is 1. The number of hydrogen-bond acceptors (Lipinski definition) is 3. The number of aliphatic hydroxyl groups is 1. The highest BCUT2D eigenvalue weighted by atomic mass is 16.5. The molecule has 0 atom stereocenters. The maximum absolute atomic E-state index is 9.26. The summed E-state index contributed by atoms with van der Waals surface area (Å²) in [6, 6.07) is 0. The van der Waals surface area contributed by atoms with Crippen molar-refractivity contribution in [3.05, 3.63) is 0 Å². The number of aliphatic hydroxyl groups excluding tert-OH is 1. The summed E-state index contributed by atoms with van der Waals surface area (Å²) < 4.78 is 5.38. The summed E-state index contributed by atoms with van der Waals surface area (Å²) in [7, 11) is 0. The average Bonchev–Trinajstić information content (AvgIpc) is 2.16. The van der Waals surface area contributed by atoms with E-state index in [0.29, 0.717) is 6.61 Å². The van der Waals surface area contributed by atoms with Gasteiger partial charge in [0.25, 0.3) is 0 Å². The Morgan fingerprint density at radius 1 is 1.42 bits per heavy atom. The summed E-state index contributed by atoms with van der Waals surface area (Å²) >= 11 is 0. The Labute approximate surface area is 74.1 Å². The molecule has 0 amide bonds. The van der Waals surface area contributed by atoms with Crippen molar-refractivity contribution in [3.63, 3.8) is 0 Å². The van der Waals surface area contributed by atoms with Crippen LogP contribution in [0.3, 0.4) is 0 Å². The highest BCUT2D eigenvalue weighted by Crippen LogP contribution is 2.28. The maximum atomic E-state index is 9.26. The van der Waals surface area contributed by atoms with Crippen LogP contribution in [0.2, 0.25) is 0 Å². The largest absolute Gasteiger partial charge is 0.396 e. The molecule has 3 heteroatoms. The van der Waals surface area contributed by atoms with Crippen molar-refractivity contribution in [2.45, 2.75) is 19.8 Å². The molecule has 72 valence electrons. The van der Waals surface area contributed by atoms with E-state index in [1.807, 2.05) is 6.92 Å². The highest BCUT2D eigenvalue weighted by molar-refractivity contribution is 4.83. The van der Waals surface area contributed by atoms with Gasteiger partial charge in [0.1, 0.15) is 0 Å². The molecule has 1 fully saturated rings. The van der Waals surface area contributed by atoms with Gasteiger partial charge in [-0.3, -0.25) is 0 Å². The lowest BCUT2D eigenvalue weighted by Gasteiger charge is -2.35. The van der Waals surface area contributed by atoms with Gasteiger partial charge < -0.3 is 15.2 Å². The zero-order chi connectivity index (χ0) is 8.86. The van der Waals surface area contributed by atoms with E-state index in [1.165, 1.54) is 0 Å². The summed E-state index contributed by atoms with van der Waals surface area (Å²) in [5.74, 6) is 0. The van der Waals surface area contributed by atoms with E-state index in [9.17, 15) is 5.11 Å². The van der Waals surface area contributed by atoms with E-state index in [-0.39, 0.29) is 12.0 Å². The fourth-order valence-corrected chi connectivity index (χ4v) is 1.62. The molecule has 0 aromatic carbocycles. The van der Waals surface area contributed by atoms with Crippen LogP contribution in [0.1, 0.15) is 19.8 Å². The minimum Gasteiger partial charge on any atom is -0.396 e. The Hall–Kier alpha value is -0.120. The second-order valence-electron chi connectivity index (χ2n) is 3.55. The first kappa shape index (κ1) is 9.96. The Morgan fingerprint density at radius 3 is 2.58 bits per heavy atom. The molecule has 0 spiro atoms. The summed E-state index contributed by atoms with van der Waals surface area (Å²) in [5, 5.41) is 12.5. The first-order valence-corrected chi connectivity index (χ1v) is 4.72. The molecule has 1 aliphatic heterocycles. The Balaban J connectivity index is 2.37. The van der Waals surface area contributed by atoms with Crippen molar-refractivity contribution in [2.24, 2.45) is 5.41 Å².